The summed E-state index contributed by atoms with van der Waals surface area (Å²) in [5.41, 5.74) is 17.7. The monoisotopic (exact) mass is 424 g/mol. The first-order valence-corrected chi connectivity index (χ1v) is 10.0. The Hall–Kier alpha value is -4.43. The predicted octanol–water partition coefficient (Wildman–Crippen LogP) is 3.95. The maximum Gasteiger partial charge on any atom is 0.126 e. The van der Waals surface area contributed by atoms with Crippen molar-refractivity contribution in [2.45, 2.75) is 0 Å². The molecule has 8 nitrogen and oxygen atoms in total. The molecule has 0 saturated carbocycles. The van der Waals surface area contributed by atoms with Crippen molar-refractivity contribution < 1.29 is 0 Å². The standard InChI is InChI=1S/C24H24N8/c25-11-19(12-26)23-10-18-3-1-16(9-22(18)32-23)2-8-24(28-15-27)31-21-6-4-17(5-7-21)20-13-29-30-14-20/h1-14,25,32H,15,26-27H2,(H,28,31)(H,29,30)/b8-2-,19-12?,25-11?. The highest BCUT2D eigenvalue weighted by Gasteiger charge is 2.05. The number of allylic oxidation sites excluding steroid dienone is 1. The minimum atomic E-state index is 0.177. The van der Waals surface area contributed by atoms with Crippen molar-refractivity contribution in [3.8, 4) is 11.1 Å². The summed E-state index contributed by atoms with van der Waals surface area (Å²) in [5.74, 6) is 0.660. The van der Waals surface area contributed by atoms with E-state index in [-0.39, 0.29) is 6.67 Å². The molecule has 0 aliphatic carbocycles. The Morgan fingerprint density at radius 1 is 1.12 bits per heavy atom. The molecule has 4 rings (SSSR count). The molecular formula is C24H24N8. The number of hydrogen-bond donors (Lipinski definition) is 6. The highest BCUT2D eigenvalue weighted by Crippen LogP contribution is 2.22. The van der Waals surface area contributed by atoms with E-state index in [9.17, 15) is 0 Å². The van der Waals surface area contributed by atoms with Gasteiger partial charge in [0, 0.05) is 52.0 Å². The summed E-state index contributed by atoms with van der Waals surface area (Å²) in [5, 5.41) is 18.6. The van der Waals surface area contributed by atoms with Gasteiger partial charge in [-0.3, -0.25) is 10.1 Å². The number of nitrogens with zero attached hydrogens (tertiary/aromatic N) is 2. The van der Waals surface area contributed by atoms with Gasteiger partial charge in [-0.1, -0.05) is 30.3 Å². The molecule has 0 amide bonds. The number of anilines is 1. The molecule has 4 aromatic rings. The number of fused-ring (bicyclic) bond motifs is 1. The van der Waals surface area contributed by atoms with Crippen LogP contribution in [0.5, 0.6) is 0 Å². The first-order valence-electron chi connectivity index (χ1n) is 10.0. The van der Waals surface area contributed by atoms with Gasteiger partial charge in [0.1, 0.15) is 5.84 Å². The average molecular weight is 425 g/mol. The molecule has 0 aliphatic heterocycles. The molecule has 32 heavy (non-hydrogen) atoms. The van der Waals surface area contributed by atoms with Crippen LogP contribution >= 0.6 is 0 Å². The van der Waals surface area contributed by atoms with Crippen LogP contribution in [0.3, 0.4) is 0 Å². The van der Waals surface area contributed by atoms with Crippen molar-refractivity contribution in [2.75, 3.05) is 12.0 Å². The number of nitrogens with two attached hydrogens (primary N) is 2. The molecule has 2 heterocycles. The van der Waals surface area contributed by atoms with Crippen LogP contribution in [0, 0.1) is 5.41 Å². The Morgan fingerprint density at radius 2 is 1.97 bits per heavy atom. The van der Waals surface area contributed by atoms with Crippen molar-refractivity contribution in [1.29, 1.82) is 5.41 Å². The number of aromatic nitrogens is 3. The summed E-state index contributed by atoms with van der Waals surface area (Å²) in [6, 6.07) is 16.1. The Bertz CT molecular complexity index is 1290. The topological polar surface area (TPSA) is 145 Å². The van der Waals surface area contributed by atoms with Crippen LogP contribution in [0.25, 0.3) is 33.7 Å². The fraction of sp³-hybridized carbons (Fsp3) is 0.0417. The van der Waals surface area contributed by atoms with Gasteiger partial charge in [0.2, 0.25) is 0 Å². The molecule has 0 atom stereocenters. The molecule has 2 aromatic heterocycles. The number of H-pyrrole nitrogens is 2. The molecular weight excluding hydrogens is 400 g/mol. The highest BCUT2D eigenvalue weighted by atomic mass is 15.1. The van der Waals surface area contributed by atoms with Crippen LogP contribution in [-0.2, 0) is 0 Å². The van der Waals surface area contributed by atoms with Crippen molar-refractivity contribution >= 4 is 40.3 Å². The number of aromatic amines is 2. The van der Waals surface area contributed by atoms with Gasteiger partial charge in [-0.05, 0) is 41.5 Å². The molecule has 2 aromatic carbocycles. The normalized spacial score (nSPS) is 12.5. The summed E-state index contributed by atoms with van der Waals surface area (Å²) in [6.45, 7) is 0.177. The van der Waals surface area contributed by atoms with Crippen LogP contribution < -0.4 is 16.8 Å². The predicted molar refractivity (Wildman–Crippen MR) is 132 cm³/mol. The molecule has 8 N–H and O–H groups in total. The second kappa shape index (κ2) is 9.59. The largest absolute Gasteiger partial charge is 0.404 e. The van der Waals surface area contributed by atoms with Gasteiger partial charge in [0.15, 0.2) is 0 Å². The van der Waals surface area contributed by atoms with E-state index in [1.807, 2.05) is 66.9 Å². The van der Waals surface area contributed by atoms with E-state index in [0.717, 1.165) is 39.0 Å². The second-order valence-electron chi connectivity index (χ2n) is 7.04. The third-order valence-electron chi connectivity index (χ3n) is 4.98. The summed E-state index contributed by atoms with van der Waals surface area (Å²) in [4.78, 5) is 7.65. The molecule has 0 aliphatic rings. The van der Waals surface area contributed by atoms with Crippen molar-refractivity contribution in [2.24, 2.45) is 16.5 Å². The molecule has 0 bridgehead atoms. The number of benzene rings is 2. The highest BCUT2D eigenvalue weighted by molar-refractivity contribution is 6.09. The molecule has 0 saturated heterocycles. The number of rotatable bonds is 7. The van der Waals surface area contributed by atoms with E-state index < -0.39 is 0 Å². The van der Waals surface area contributed by atoms with Crippen LogP contribution in [0.15, 0.2) is 78.2 Å². The SMILES string of the molecule is N=CC(=CN)c1cc2ccc(/C=C\C(=NCN)Nc3ccc(-c4cn[nH]c4)cc3)cc2[nH]1. The lowest BCUT2D eigenvalue weighted by atomic mass is 10.1. The maximum absolute atomic E-state index is 7.47. The molecule has 8 heteroatoms. The van der Waals surface area contributed by atoms with Gasteiger partial charge in [-0.15, -0.1) is 0 Å². The van der Waals surface area contributed by atoms with Crippen LogP contribution in [0.1, 0.15) is 11.3 Å². The quantitative estimate of drug-likeness (QED) is 0.197. The van der Waals surface area contributed by atoms with E-state index >= 15 is 0 Å². The van der Waals surface area contributed by atoms with Gasteiger partial charge in [-0.25, -0.2) is 0 Å². The lowest BCUT2D eigenvalue weighted by Crippen LogP contribution is -2.11. The maximum atomic E-state index is 7.47. The van der Waals surface area contributed by atoms with Crippen LogP contribution in [0.4, 0.5) is 5.69 Å². The van der Waals surface area contributed by atoms with Gasteiger partial charge in [0.05, 0.1) is 12.9 Å². The number of nitrogens with one attached hydrogen (secondary N) is 4. The molecule has 0 fully saturated rings. The van der Waals surface area contributed by atoms with E-state index in [2.05, 4.69) is 25.5 Å². The van der Waals surface area contributed by atoms with Gasteiger partial charge >= 0.3 is 0 Å². The summed E-state index contributed by atoms with van der Waals surface area (Å²) < 4.78 is 0. The zero-order chi connectivity index (χ0) is 22.3. The first-order chi connectivity index (χ1) is 15.7. The number of amidine groups is 1. The van der Waals surface area contributed by atoms with E-state index in [1.54, 1.807) is 6.20 Å². The third-order valence-corrected chi connectivity index (χ3v) is 4.98. The number of hydrogen-bond acceptors (Lipinski definition) is 5. The van der Waals surface area contributed by atoms with Crippen molar-refractivity contribution in [1.82, 2.24) is 15.2 Å². The smallest absolute Gasteiger partial charge is 0.126 e. The fourth-order valence-corrected chi connectivity index (χ4v) is 3.33. The third kappa shape index (κ3) is 4.66. The van der Waals surface area contributed by atoms with Crippen molar-refractivity contribution in [3.05, 3.63) is 84.5 Å². The lowest BCUT2D eigenvalue weighted by Gasteiger charge is -2.07. The molecule has 0 spiro atoms. The molecule has 0 unspecified atom stereocenters. The van der Waals surface area contributed by atoms with E-state index in [1.165, 1.54) is 12.4 Å². The van der Waals surface area contributed by atoms with Gasteiger partial charge < -0.3 is 27.2 Å². The van der Waals surface area contributed by atoms with E-state index in [0.29, 0.717) is 11.4 Å². The minimum absolute atomic E-state index is 0.177. The lowest BCUT2D eigenvalue weighted by molar-refractivity contribution is 1.07. The Morgan fingerprint density at radius 3 is 2.66 bits per heavy atom. The van der Waals surface area contributed by atoms with Crippen LogP contribution in [-0.4, -0.2) is 33.9 Å². The zero-order valence-corrected chi connectivity index (χ0v) is 17.3. The van der Waals surface area contributed by atoms with Gasteiger partial charge in [-0.2, -0.15) is 5.10 Å². The molecule has 160 valence electrons. The number of aliphatic imine (C=N–C) groups is 1. The van der Waals surface area contributed by atoms with Crippen LogP contribution in [0.2, 0.25) is 0 Å². The summed E-state index contributed by atoms with van der Waals surface area (Å²) in [7, 11) is 0. The van der Waals surface area contributed by atoms with Crippen molar-refractivity contribution in [3.63, 3.8) is 0 Å². The Kier molecular flexibility index (Phi) is 6.24. The van der Waals surface area contributed by atoms with Gasteiger partial charge in [0.25, 0.3) is 0 Å². The summed E-state index contributed by atoms with van der Waals surface area (Å²) >= 11 is 0. The zero-order valence-electron chi connectivity index (χ0n) is 17.3. The Balaban J connectivity index is 1.51. The summed E-state index contributed by atoms with van der Waals surface area (Å²) in [6.07, 6.45) is 10.2. The fourth-order valence-electron chi connectivity index (χ4n) is 3.33. The van der Waals surface area contributed by atoms with E-state index in [4.69, 9.17) is 16.9 Å². The molecule has 0 radical (unpaired) electrons. The Labute approximate surface area is 185 Å². The average Bonchev–Trinajstić information content (AvgIpc) is 3.49. The first kappa shape index (κ1) is 20.8. The second-order valence-corrected chi connectivity index (χ2v) is 7.04. The minimum Gasteiger partial charge on any atom is -0.404 e.